The van der Waals surface area contributed by atoms with E-state index >= 15 is 0 Å². The first-order valence-electron chi connectivity index (χ1n) is 2.96. The van der Waals surface area contributed by atoms with Crippen LogP contribution in [-0.4, -0.2) is 12.5 Å². The molecule has 0 atom stereocenters. The highest BCUT2D eigenvalue weighted by atomic mass is 16.1. The molecule has 0 aliphatic rings. The summed E-state index contributed by atoms with van der Waals surface area (Å²) in [6.07, 6.45) is 3.97. The van der Waals surface area contributed by atoms with E-state index < -0.39 is 0 Å². The van der Waals surface area contributed by atoms with Crippen molar-refractivity contribution in [1.82, 2.24) is 5.32 Å². The highest BCUT2D eigenvalue weighted by Gasteiger charge is 1.93. The second-order valence-electron chi connectivity index (χ2n) is 1.71. The number of nitrogens with one attached hydrogen (secondary N) is 1. The molecule has 0 unspecified atom stereocenters. The summed E-state index contributed by atoms with van der Waals surface area (Å²) in [7, 11) is 0. The molecule has 0 spiro atoms. The van der Waals surface area contributed by atoms with Crippen LogP contribution >= 0.6 is 0 Å². The molecule has 2 heteroatoms. The molecule has 9 heavy (non-hydrogen) atoms. The molecule has 0 aromatic carbocycles. The Kier molecular flexibility index (Phi) is 4.88. The maximum Gasteiger partial charge on any atom is 0.220 e. The summed E-state index contributed by atoms with van der Waals surface area (Å²) in [5.41, 5.74) is 0. The number of hydrogen-bond donors (Lipinski definition) is 1. The molecule has 1 amide bonds. The zero-order valence-electron chi connectivity index (χ0n) is 5.68. The van der Waals surface area contributed by atoms with E-state index in [1.165, 1.54) is 0 Å². The van der Waals surface area contributed by atoms with Crippen molar-refractivity contribution in [2.24, 2.45) is 0 Å². The first kappa shape index (κ1) is 8.21. The van der Waals surface area contributed by atoms with Crippen molar-refractivity contribution in [2.75, 3.05) is 6.54 Å². The fourth-order valence-corrected chi connectivity index (χ4v) is 0.444. The molecule has 0 bridgehead atoms. The molecule has 0 aromatic rings. The molecule has 0 fully saturated rings. The van der Waals surface area contributed by atoms with E-state index in [2.05, 4.69) is 11.9 Å². The predicted molar refractivity (Wildman–Crippen MR) is 37.8 cm³/mol. The van der Waals surface area contributed by atoms with Crippen LogP contribution in [0.2, 0.25) is 0 Å². The van der Waals surface area contributed by atoms with Gasteiger partial charge in [-0.05, 0) is 6.42 Å². The van der Waals surface area contributed by atoms with Crippen molar-refractivity contribution in [3.8, 4) is 0 Å². The van der Waals surface area contributed by atoms with E-state index in [9.17, 15) is 4.79 Å². The van der Waals surface area contributed by atoms with Gasteiger partial charge in [-0.1, -0.05) is 13.0 Å². The number of hydrogen-bond acceptors (Lipinski definition) is 1. The zero-order chi connectivity index (χ0) is 7.11. The van der Waals surface area contributed by atoms with Crippen molar-refractivity contribution in [3.05, 3.63) is 19.1 Å². The molecule has 0 aliphatic carbocycles. The van der Waals surface area contributed by atoms with Gasteiger partial charge in [-0.25, -0.2) is 0 Å². The second-order valence-corrected chi connectivity index (χ2v) is 1.71. The van der Waals surface area contributed by atoms with Crippen LogP contribution in [-0.2, 0) is 4.79 Å². The Balaban J connectivity index is 3.16. The van der Waals surface area contributed by atoms with Crippen LogP contribution in [0.3, 0.4) is 0 Å². The minimum Gasteiger partial charge on any atom is -0.353 e. The first-order valence-corrected chi connectivity index (χ1v) is 2.96. The summed E-state index contributed by atoms with van der Waals surface area (Å²) in [4.78, 5) is 10.6. The van der Waals surface area contributed by atoms with Gasteiger partial charge in [0.25, 0.3) is 0 Å². The Bertz CT molecular complexity index is 99.1. The Labute approximate surface area is 56.0 Å². The number of carbonyl (C=O) groups is 1. The maximum absolute atomic E-state index is 10.6. The standard InChI is InChI=1S/C7H12NO/c1-3-5-7(9)8-6-4-2/h3-4H,2,5-6H2,1H3,(H,8,9). The summed E-state index contributed by atoms with van der Waals surface area (Å²) in [6, 6.07) is 0. The molecule has 0 rings (SSSR count). The quantitative estimate of drug-likeness (QED) is 0.557. The number of amides is 1. The van der Waals surface area contributed by atoms with Crippen LogP contribution in [0.5, 0.6) is 0 Å². The van der Waals surface area contributed by atoms with E-state index in [-0.39, 0.29) is 5.91 Å². The van der Waals surface area contributed by atoms with Crippen molar-refractivity contribution in [3.63, 3.8) is 0 Å². The lowest BCUT2D eigenvalue weighted by Gasteiger charge is -1.97. The zero-order valence-corrected chi connectivity index (χ0v) is 5.68. The third-order valence-corrected chi connectivity index (χ3v) is 0.833. The molecule has 0 aliphatic heterocycles. The van der Waals surface area contributed by atoms with Crippen molar-refractivity contribution < 1.29 is 4.79 Å². The smallest absolute Gasteiger partial charge is 0.220 e. The van der Waals surface area contributed by atoms with Gasteiger partial charge in [-0.2, -0.15) is 0 Å². The molecule has 0 saturated heterocycles. The van der Waals surface area contributed by atoms with Gasteiger partial charge in [0, 0.05) is 13.0 Å². The summed E-state index contributed by atoms with van der Waals surface area (Å²) in [5.74, 6) is 0.0531. The Hall–Kier alpha value is -0.790. The minimum atomic E-state index is 0.0531. The molecule has 2 nitrogen and oxygen atoms in total. The van der Waals surface area contributed by atoms with Crippen LogP contribution in [0, 0.1) is 6.42 Å². The topological polar surface area (TPSA) is 29.1 Å². The van der Waals surface area contributed by atoms with Crippen molar-refractivity contribution >= 4 is 5.91 Å². The molecule has 0 heterocycles. The average molecular weight is 126 g/mol. The van der Waals surface area contributed by atoms with Crippen molar-refractivity contribution in [1.29, 1.82) is 0 Å². The lowest BCUT2D eigenvalue weighted by Crippen LogP contribution is -2.22. The fourth-order valence-electron chi connectivity index (χ4n) is 0.444. The average Bonchev–Trinajstić information content (AvgIpc) is 1.85. The molecular weight excluding hydrogens is 114 g/mol. The Morgan fingerprint density at radius 3 is 2.89 bits per heavy atom. The lowest BCUT2D eigenvalue weighted by molar-refractivity contribution is -0.120. The van der Waals surface area contributed by atoms with E-state index in [0.717, 1.165) is 0 Å². The highest BCUT2D eigenvalue weighted by molar-refractivity contribution is 5.76. The summed E-state index contributed by atoms with van der Waals surface area (Å²) < 4.78 is 0. The van der Waals surface area contributed by atoms with Crippen LogP contribution in [0.4, 0.5) is 0 Å². The molecule has 51 valence electrons. The normalized spacial score (nSPS) is 8.56. The second kappa shape index (κ2) is 5.35. The van der Waals surface area contributed by atoms with Crippen molar-refractivity contribution in [2.45, 2.75) is 13.3 Å². The van der Waals surface area contributed by atoms with Gasteiger partial charge in [0.2, 0.25) is 5.91 Å². The predicted octanol–water partition coefficient (Wildman–Crippen LogP) is 0.903. The van der Waals surface area contributed by atoms with Gasteiger partial charge in [0.15, 0.2) is 0 Å². The summed E-state index contributed by atoms with van der Waals surface area (Å²) in [5, 5.41) is 2.64. The van der Waals surface area contributed by atoms with Crippen LogP contribution in [0.25, 0.3) is 0 Å². The largest absolute Gasteiger partial charge is 0.353 e. The van der Waals surface area contributed by atoms with Gasteiger partial charge in [0.05, 0.1) is 0 Å². The van der Waals surface area contributed by atoms with Gasteiger partial charge >= 0.3 is 0 Å². The summed E-state index contributed by atoms with van der Waals surface area (Å²) >= 11 is 0. The van der Waals surface area contributed by atoms with Crippen LogP contribution in [0.1, 0.15) is 13.3 Å². The van der Waals surface area contributed by atoms with E-state index in [1.54, 1.807) is 6.08 Å². The monoisotopic (exact) mass is 126 g/mol. The Morgan fingerprint density at radius 2 is 2.44 bits per heavy atom. The molecular formula is C7H12NO. The van der Waals surface area contributed by atoms with E-state index in [4.69, 9.17) is 0 Å². The maximum atomic E-state index is 10.6. The summed E-state index contributed by atoms with van der Waals surface area (Å²) in [6.45, 7) is 5.88. The van der Waals surface area contributed by atoms with Gasteiger partial charge in [-0.3, -0.25) is 4.79 Å². The highest BCUT2D eigenvalue weighted by Crippen LogP contribution is 1.82. The molecule has 1 N–H and O–H groups in total. The minimum absolute atomic E-state index is 0.0531. The van der Waals surface area contributed by atoms with E-state index in [1.807, 2.05) is 13.3 Å². The van der Waals surface area contributed by atoms with Gasteiger partial charge < -0.3 is 5.32 Å². The molecule has 1 radical (unpaired) electrons. The lowest BCUT2D eigenvalue weighted by atomic mass is 10.3. The fraction of sp³-hybridized carbons (Fsp3) is 0.429. The number of rotatable bonds is 4. The van der Waals surface area contributed by atoms with Gasteiger partial charge in [0.1, 0.15) is 0 Å². The number of carbonyl (C=O) groups excluding carboxylic acids is 1. The van der Waals surface area contributed by atoms with E-state index in [0.29, 0.717) is 13.0 Å². The Morgan fingerprint density at radius 1 is 1.78 bits per heavy atom. The SMILES string of the molecule is C=CCNC(=O)C[CH]C. The first-order chi connectivity index (χ1) is 4.31. The van der Waals surface area contributed by atoms with Crippen LogP contribution in [0.15, 0.2) is 12.7 Å². The third kappa shape index (κ3) is 5.07. The van der Waals surface area contributed by atoms with Crippen LogP contribution < -0.4 is 5.32 Å². The van der Waals surface area contributed by atoms with Gasteiger partial charge in [-0.15, -0.1) is 6.58 Å². The molecule has 0 aromatic heterocycles. The molecule has 0 saturated carbocycles. The third-order valence-electron chi connectivity index (χ3n) is 0.833.